The van der Waals surface area contributed by atoms with Crippen LogP contribution >= 0.6 is 0 Å². The van der Waals surface area contributed by atoms with Crippen molar-refractivity contribution in [2.45, 2.75) is 103 Å². The molecule has 6 heteroatoms. The van der Waals surface area contributed by atoms with Crippen molar-refractivity contribution in [1.29, 1.82) is 0 Å². The first-order chi connectivity index (χ1) is 14.9. The van der Waals surface area contributed by atoms with Crippen LogP contribution in [0.25, 0.3) is 0 Å². The van der Waals surface area contributed by atoms with Gasteiger partial charge in [0.2, 0.25) is 6.29 Å². The molecular formula is C26H42O5Si. The summed E-state index contributed by atoms with van der Waals surface area (Å²) >= 11 is 0. The summed E-state index contributed by atoms with van der Waals surface area (Å²) < 4.78 is 30.8. The number of benzene rings is 1. The zero-order valence-electron chi connectivity index (χ0n) is 21.1. The summed E-state index contributed by atoms with van der Waals surface area (Å²) in [5, 5.41) is 0.168. The molecule has 0 aromatic heterocycles. The second kappa shape index (κ2) is 9.98. The minimum Gasteiger partial charge on any atom is -0.466 e. The third-order valence-electron chi connectivity index (χ3n) is 6.82. The Bertz CT molecular complexity index is 768. The van der Waals surface area contributed by atoms with Crippen LogP contribution in [0.2, 0.25) is 18.1 Å². The molecule has 180 valence electrons. The minimum atomic E-state index is -1.86. The normalized spacial score (nSPS) is 24.6. The van der Waals surface area contributed by atoms with Crippen molar-refractivity contribution in [3.8, 4) is 0 Å². The Morgan fingerprint density at radius 1 is 1.06 bits per heavy atom. The molecule has 0 spiro atoms. The third kappa shape index (κ3) is 6.67. The van der Waals surface area contributed by atoms with E-state index in [0.717, 1.165) is 18.6 Å². The zero-order valence-corrected chi connectivity index (χ0v) is 22.1. The van der Waals surface area contributed by atoms with Crippen LogP contribution in [0.1, 0.15) is 59.9 Å². The van der Waals surface area contributed by atoms with Crippen molar-refractivity contribution < 1.29 is 23.4 Å². The lowest BCUT2D eigenvalue weighted by atomic mass is 9.99. The molecule has 0 radical (unpaired) electrons. The molecule has 0 N–H and O–H groups in total. The monoisotopic (exact) mass is 462 g/mol. The molecule has 0 bridgehead atoms. The smallest absolute Gasteiger partial charge is 0.232 e. The van der Waals surface area contributed by atoms with Crippen LogP contribution in [0.4, 0.5) is 0 Å². The number of ether oxygens (including phenoxy) is 4. The van der Waals surface area contributed by atoms with E-state index in [1.54, 1.807) is 0 Å². The van der Waals surface area contributed by atoms with E-state index < -0.39 is 14.1 Å². The highest BCUT2D eigenvalue weighted by Gasteiger charge is 2.47. The van der Waals surface area contributed by atoms with Crippen molar-refractivity contribution in [3.05, 3.63) is 47.7 Å². The highest BCUT2D eigenvalue weighted by atomic mass is 28.4. The van der Waals surface area contributed by atoms with Gasteiger partial charge in [-0.2, -0.15) is 0 Å². The van der Waals surface area contributed by atoms with Crippen molar-refractivity contribution >= 4 is 8.32 Å². The van der Waals surface area contributed by atoms with Crippen LogP contribution in [-0.2, 0) is 30.0 Å². The number of rotatable bonds is 10. The molecule has 1 unspecified atom stereocenters. The Labute approximate surface area is 195 Å². The minimum absolute atomic E-state index is 0.151. The Morgan fingerprint density at radius 3 is 2.38 bits per heavy atom. The van der Waals surface area contributed by atoms with E-state index in [4.69, 9.17) is 23.4 Å². The van der Waals surface area contributed by atoms with Crippen LogP contribution in [0.15, 0.2) is 42.2 Å². The second-order valence-corrected chi connectivity index (χ2v) is 15.9. The largest absolute Gasteiger partial charge is 0.466 e. The molecule has 2 heterocycles. The molecule has 0 saturated carbocycles. The molecule has 2 aliphatic heterocycles. The zero-order chi connectivity index (χ0) is 23.6. The van der Waals surface area contributed by atoms with Crippen molar-refractivity contribution in [2.75, 3.05) is 6.61 Å². The maximum Gasteiger partial charge on any atom is 0.232 e. The second-order valence-electron chi connectivity index (χ2n) is 11.1. The van der Waals surface area contributed by atoms with Gasteiger partial charge < -0.3 is 23.4 Å². The Morgan fingerprint density at radius 2 is 1.75 bits per heavy atom. The fourth-order valence-electron chi connectivity index (χ4n) is 3.69. The summed E-state index contributed by atoms with van der Waals surface area (Å²) in [6.45, 7) is 18.7. The van der Waals surface area contributed by atoms with Crippen molar-refractivity contribution in [1.82, 2.24) is 0 Å². The molecule has 1 saturated heterocycles. The van der Waals surface area contributed by atoms with Gasteiger partial charge in [0.05, 0.1) is 12.7 Å². The molecule has 0 aliphatic carbocycles. The first-order valence-corrected chi connectivity index (χ1v) is 14.8. The van der Waals surface area contributed by atoms with Gasteiger partial charge in [-0.3, -0.25) is 0 Å². The average Bonchev–Trinajstić information content (AvgIpc) is 3.19. The van der Waals surface area contributed by atoms with E-state index in [-0.39, 0.29) is 29.5 Å². The Kier molecular flexibility index (Phi) is 7.93. The van der Waals surface area contributed by atoms with Crippen LogP contribution in [0, 0.1) is 5.92 Å². The SMILES string of the molecule is CC(CC[C@@H](CO[Si](C)(C)C(C)(C)C)C1=C[C@H]2OC(C)(C)O[C@H]2O1)OCc1ccccc1. The highest BCUT2D eigenvalue weighted by Crippen LogP contribution is 2.40. The van der Waals surface area contributed by atoms with Crippen LogP contribution in [-0.4, -0.2) is 39.2 Å². The molecule has 0 amide bonds. The Hall–Kier alpha value is -1.18. The molecule has 1 aromatic rings. The van der Waals surface area contributed by atoms with E-state index >= 15 is 0 Å². The van der Waals surface area contributed by atoms with Gasteiger partial charge >= 0.3 is 0 Å². The fraction of sp³-hybridized carbons (Fsp3) is 0.692. The summed E-state index contributed by atoms with van der Waals surface area (Å²) in [6.07, 6.45) is 3.60. The van der Waals surface area contributed by atoms with Crippen LogP contribution < -0.4 is 0 Å². The maximum absolute atomic E-state index is 6.59. The first-order valence-electron chi connectivity index (χ1n) is 11.9. The van der Waals surface area contributed by atoms with Gasteiger partial charge in [0, 0.05) is 12.5 Å². The lowest BCUT2D eigenvalue weighted by Gasteiger charge is -2.37. The average molecular weight is 463 g/mol. The molecule has 1 aromatic carbocycles. The Balaban J connectivity index is 1.60. The first kappa shape index (κ1) is 25.4. The topological polar surface area (TPSA) is 46.2 Å². The maximum atomic E-state index is 6.59. The van der Waals surface area contributed by atoms with E-state index in [1.165, 1.54) is 5.56 Å². The molecule has 2 aliphatic rings. The standard InChI is InChI=1S/C26H42O5Si/c1-19(27-17-20-12-10-9-11-13-20)14-15-21(18-28-32(7,8)25(2,3)4)22-16-23-24(29-22)31-26(5,6)30-23/h9-13,16,19,21,23-24H,14-15,17-18H2,1-8H3/t19?,21-,23+,24+/m0/s1. The summed E-state index contributed by atoms with van der Waals surface area (Å²) in [5.74, 6) is 0.488. The summed E-state index contributed by atoms with van der Waals surface area (Å²) in [4.78, 5) is 0. The number of fused-ring (bicyclic) bond motifs is 1. The lowest BCUT2D eigenvalue weighted by Crippen LogP contribution is -2.42. The summed E-state index contributed by atoms with van der Waals surface area (Å²) in [6, 6.07) is 10.3. The quantitative estimate of drug-likeness (QED) is 0.376. The fourth-order valence-corrected chi connectivity index (χ4v) is 4.75. The van der Waals surface area contributed by atoms with Gasteiger partial charge in [-0.15, -0.1) is 0 Å². The molecule has 1 fully saturated rings. The predicted octanol–water partition coefficient (Wildman–Crippen LogP) is 6.40. The van der Waals surface area contributed by atoms with E-state index in [9.17, 15) is 0 Å². The highest BCUT2D eigenvalue weighted by molar-refractivity contribution is 6.74. The van der Waals surface area contributed by atoms with Gasteiger partial charge in [0.25, 0.3) is 0 Å². The number of hydrogen-bond acceptors (Lipinski definition) is 5. The molecule has 3 rings (SSSR count). The predicted molar refractivity (Wildman–Crippen MR) is 130 cm³/mol. The third-order valence-corrected chi connectivity index (χ3v) is 11.3. The molecule has 4 atom stereocenters. The summed E-state index contributed by atoms with van der Waals surface area (Å²) in [7, 11) is -1.86. The van der Waals surface area contributed by atoms with Crippen molar-refractivity contribution in [2.24, 2.45) is 5.92 Å². The van der Waals surface area contributed by atoms with E-state index in [2.05, 4.69) is 59.0 Å². The summed E-state index contributed by atoms with van der Waals surface area (Å²) in [5.41, 5.74) is 1.20. The molecular weight excluding hydrogens is 420 g/mol. The van der Waals surface area contributed by atoms with Gasteiger partial charge in [-0.1, -0.05) is 51.1 Å². The number of hydrogen-bond donors (Lipinski definition) is 0. The van der Waals surface area contributed by atoms with E-state index in [0.29, 0.717) is 13.2 Å². The van der Waals surface area contributed by atoms with Crippen LogP contribution in [0.3, 0.4) is 0 Å². The van der Waals surface area contributed by atoms with Crippen LogP contribution in [0.5, 0.6) is 0 Å². The van der Waals surface area contributed by atoms with Gasteiger partial charge in [0.15, 0.2) is 14.1 Å². The van der Waals surface area contributed by atoms with Crippen molar-refractivity contribution in [3.63, 3.8) is 0 Å². The lowest BCUT2D eigenvalue weighted by molar-refractivity contribution is -0.183. The molecule has 5 nitrogen and oxygen atoms in total. The van der Waals surface area contributed by atoms with Gasteiger partial charge in [-0.05, 0) is 63.4 Å². The van der Waals surface area contributed by atoms with Gasteiger partial charge in [-0.25, -0.2) is 0 Å². The van der Waals surface area contributed by atoms with E-state index in [1.807, 2.05) is 32.0 Å². The molecule has 32 heavy (non-hydrogen) atoms. The van der Waals surface area contributed by atoms with Gasteiger partial charge in [0.1, 0.15) is 11.9 Å².